The van der Waals surface area contributed by atoms with Crippen molar-refractivity contribution in [2.24, 2.45) is 0 Å². The minimum Gasteiger partial charge on any atom is -0.302 e. The molecule has 0 aliphatic rings. The van der Waals surface area contributed by atoms with Gasteiger partial charge in [-0.3, -0.25) is 4.79 Å². The molecule has 0 aliphatic heterocycles. The monoisotopic (exact) mass is 224 g/mol. The van der Waals surface area contributed by atoms with Gasteiger partial charge in [0.25, 0.3) is 0 Å². The van der Waals surface area contributed by atoms with Crippen LogP contribution in [0.25, 0.3) is 4.96 Å². The third-order valence-corrected chi connectivity index (χ3v) is 3.26. The average Bonchev–Trinajstić information content (AvgIpc) is 2.67. The van der Waals surface area contributed by atoms with Crippen molar-refractivity contribution in [3.8, 4) is 0 Å². The first kappa shape index (κ1) is 10.3. The molecule has 0 spiro atoms. The highest BCUT2D eigenvalue weighted by atomic mass is 32.1. The summed E-state index contributed by atoms with van der Waals surface area (Å²) in [5, 5.41) is 4.05. The number of fused-ring (bicyclic) bond motifs is 1. The number of carbonyl (C=O) groups is 1. The van der Waals surface area contributed by atoms with Crippen molar-refractivity contribution in [3.63, 3.8) is 0 Å². The molecule has 0 aromatic carbocycles. The summed E-state index contributed by atoms with van der Waals surface area (Å²) in [6, 6.07) is 0. The first-order chi connectivity index (χ1) is 7.09. The van der Waals surface area contributed by atoms with Crippen molar-refractivity contribution in [1.29, 1.82) is 0 Å². The molecule has 0 bridgehead atoms. The maximum absolute atomic E-state index is 11.8. The molecule has 15 heavy (non-hydrogen) atoms. The lowest BCUT2D eigenvalue weighted by Crippen LogP contribution is -2.21. The van der Waals surface area contributed by atoms with Crippen molar-refractivity contribution >= 4 is 22.1 Å². The van der Waals surface area contributed by atoms with Crippen molar-refractivity contribution in [3.05, 3.63) is 16.9 Å². The lowest BCUT2D eigenvalue weighted by molar-refractivity contribution is 0.0961. The van der Waals surface area contributed by atoms with Crippen molar-refractivity contribution in [1.82, 2.24) is 19.5 Å². The van der Waals surface area contributed by atoms with E-state index < -0.39 is 0 Å². The number of hydrogen-bond donors (Lipinski definition) is 0. The Morgan fingerprint density at radius 3 is 2.93 bits per heavy atom. The molecule has 2 aromatic heterocycles. The molecular weight excluding hydrogens is 212 g/mol. The summed E-state index contributed by atoms with van der Waals surface area (Å²) in [5.41, 5.74) is 0.874. The Hall–Kier alpha value is -1.27. The number of hydrogen-bond acceptors (Lipinski definition) is 5. The van der Waals surface area contributed by atoms with E-state index in [4.69, 9.17) is 0 Å². The molecule has 2 rings (SSSR count). The first-order valence-corrected chi connectivity index (χ1v) is 5.38. The summed E-state index contributed by atoms with van der Waals surface area (Å²) in [5.74, 6) is 0.120. The van der Waals surface area contributed by atoms with Gasteiger partial charge in [0.2, 0.25) is 4.96 Å². The summed E-state index contributed by atoms with van der Waals surface area (Å²) in [7, 11) is 3.76. The highest BCUT2D eigenvalue weighted by Crippen LogP contribution is 2.20. The van der Waals surface area contributed by atoms with Gasteiger partial charge in [-0.25, -0.2) is 9.50 Å². The van der Waals surface area contributed by atoms with E-state index in [2.05, 4.69) is 10.1 Å². The Morgan fingerprint density at radius 1 is 1.60 bits per heavy atom. The second-order valence-corrected chi connectivity index (χ2v) is 4.61. The summed E-state index contributed by atoms with van der Waals surface area (Å²) in [6.45, 7) is 2.31. The molecule has 6 heteroatoms. The molecule has 0 fully saturated rings. The van der Waals surface area contributed by atoms with Gasteiger partial charge in [-0.05, 0) is 21.0 Å². The number of nitrogens with zero attached hydrogens (tertiary/aromatic N) is 4. The molecule has 0 radical (unpaired) electrons. The molecule has 2 aromatic rings. The van der Waals surface area contributed by atoms with Crippen LogP contribution >= 0.6 is 11.3 Å². The average molecular weight is 224 g/mol. The molecular formula is C9H12N4OS. The van der Waals surface area contributed by atoms with E-state index in [1.54, 1.807) is 4.52 Å². The van der Waals surface area contributed by atoms with E-state index in [0.717, 1.165) is 15.5 Å². The lowest BCUT2D eigenvalue weighted by atomic mass is 10.3. The minimum absolute atomic E-state index is 0.120. The standard InChI is InChI=1S/C9H12N4OS/c1-6-8(7(14)4-12(2)3)15-9-10-5-11-13(6)9/h5H,4H2,1-3H3. The molecule has 0 saturated heterocycles. The highest BCUT2D eigenvalue weighted by Gasteiger charge is 2.17. The number of thiazole rings is 1. The largest absolute Gasteiger partial charge is 0.302 e. The fraction of sp³-hybridized carbons (Fsp3) is 0.444. The maximum Gasteiger partial charge on any atom is 0.212 e. The van der Waals surface area contributed by atoms with Gasteiger partial charge in [-0.15, -0.1) is 0 Å². The zero-order valence-corrected chi connectivity index (χ0v) is 9.71. The molecule has 0 saturated carbocycles. The van der Waals surface area contributed by atoms with Gasteiger partial charge in [-0.1, -0.05) is 11.3 Å². The third kappa shape index (κ3) is 1.78. The predicted octanol–water partition coefficient (Wildman–Crippen LogP) is 0.844. The van der Waals surface area contributed by atoms with Gasteiger partial charge in [0.15, 0.2) is 5.78 Å². The fourth-order valence-corrected chi connectivity index (χ4v) is 2.38. The van der Waals surface area contributed by atoms with Crippen LogP contribution in [0.2, 0.25) is 0 Å². The van der Waals surface area contributed by atoms with Crippen molar-refractivity contribution < 1.29 is 4.79 Å². The number of rotatable bonds is 3. The lowest BCUT2D eigenvalue weighted by Gasteiger charge is -2.06. The zero-order valence-electron chi connectivity index (χ0n) is 8.89. The SMILES string of the molecule is Cc1c(C(=O)CN(C)C)sc2ncnn12. The van der Waals surface area contributed by atoms with Gasteiger partial charge in [0, 0.05) is 0 Å². The normalized spacial score (nSPS) is 11.5. The Labute approximate surface area is 91.3 Å². The van der Waals surface area contributed by atoms with Gasteiger partial charge >= 0.3 is 0 Å². The summed E-state index contributed by atoms with van der Waals surface area (Å²) in [6.07, 6.45) is 1.50. The van der Waals surface area contributed by atoms with Crippen molar-refractivity contribution in [2.75, 3.05) is 20.6 Å². The number of Topliss-reactive ketones (excluding diaryl/α,β-unsaturated/α-hetero) is 1. The van der Waals surface area contributed by atoms with E-state index in [1.165, 1.54) is 17.7 Å². The molecule has 2 heterocycles. The van der Waals surface area contributed by atoms with E-state index >= 15 is 0 Å². The van der Waals surface area contributed by atoms with Crippen LogP contribution in [0.1, 0.15) is 15.4 Å². The third-order valence-electron chi connectivity index (χ3n) is 2.07. The van der Waals surface area contributed by atoms with Gasteiger partial charge in [0.05, 0.1) is 17.1 Å². The highest BCUT2D eigenvalue weighted by molar-refractivity contribution is 7.19. The summed E-state index contributed by atoms with van der Waals surface area (Å²) < 4.78 is 1.70. The van der Waals surface area contributed by atoms with Gasteiger partial charge in [0.1, 0.15) is 6.33 Å². The van der Waals surface area contributed by atoms with Crippen LogP contribution in [0.4, 0.5) is 0 Å². The van der Waals surface area contributed by atoms with Crippen LogP contribution in [-0.4, -0.2) is 45.9 Å². The van der Waals surface area contributed by atoms with E-state index in [9.17, 15) is 4.79 Å². The molecule has 5 nitrogen and oxygen atoms in total. The maximum atomic E-state index is 11.8. The number of aryl methyl sites for hydroxylation is 1. The van der Waals surface area contributed by atoms with Crippen LogP contribution in [-0.2, 0) is 0 Å². The van der Waals surface area contributed by atoms with Crippen LogP contribution < -0.4 is 0 Å². The smallest absolute Gasteiger partial charge is 0.212 e. The Bertz CT molecular complexity index is 499. The van der Waals surface area contributed by atoms with Gasteiger partial charge in [-0.2, -0.15) is 5.10 Å². The Kier molecular flexibility index (Phi) is 2.54. The summed E-state index contributed by atoms with van der Waals surface area (Å²) in [4.78, 5) is 19.3. The Balaban J connectivity index is 2.39. The number of carbonyl (C=O) groups excluding carboxylic acids is 1. The van der Waals surface area contributed by atoms with Crippen LogP contribution in [0.5, 0.6) is 0 Å². The van der Waals surface area contributed by atoms with Crippen LogP contribution in [0.3, 0.4) is 0 Å². The molecule has 0 atom stereocenters. The van der Waals surface area contributed by atoms with Crippen LogP contribution in [0, 0.1) is 6.92 Å². The second-order valence-electron chi connectivity index (χ2n) is 3.63. The fourth-order valence-electron chi connectivity index (χ4n) is 1.41. The molecule has 0 N–H and O–H groups in total. The Morgan fingerprint density at radius 2 is 2.33 bits per heavy atom. The summed E-state index contributed by atoms with van der Waals surface area (Å²) >= 11 is 1.39. The predicted molar refractivity (Wildman–Crippen MR) is 58.5 cm³/mol. The van der Waals surface area contributed by atoms with E-state index in [0.29, 0.717) is 6.54 Å². The second kappa shape index (κ2) is 3.71. The number of ketones is 1. The molecule has 0 amide bonds. The molecule has 80 valence electrons. The number of aromatic nitrogens is 3. The minimum atomic E-state index is 0.120. The zero-order chi connectivity index (χ0) is 11.0. The van der Waals surface area contributed by atoms with E-state index in [-0.39, 0.29) is 5.78 Å². The van der Waals surface area contributed by atoms with Crippen LogP contribution in [0.15, 0.2) is 6.33 Å². The van der Waals surface area contributed by atoms with E-state index in [1.807, 2.05) is 25.9 Å². The molecule has 0 aliphatic carbocycles. The topological polar surface area (TPSA) is 50.5 Å². The van der Waals surface area contributed by atoms with Gasteiger partial charge < -0.3 is 4.90 Å². The van der Waals surface area contributed by atoms with Crippen molar-refractivity contribution in [2.45, 2.75) is 6.92 Å². The first-order valence-electron chi connectivity index (χ1n) is 4.56. The quantitative estimate of drug-likeness (QED) is 0.725. The number of likely N-dealkylation sites (N-methyl/N-ethyl adjacent to an activating group) is 1. The molecule has 0 unspecified atom stereocenters.